The van der Waals surface area contributed by atoms with Gasteiger partial charge in [-0.2, -0.15) is 0 Å². The van der Waals surface area contributed by atoms with Crippen LogP contribution in [0.4, 0.5) is 0 Å². The maximum atomic E-state index is 12.0. The maximum absolute atomic E-state index is 12.0. The quantitative estimate of drug-likeness (QED) is 0.726. The first-order valence-electron chi connectivity index (χ1n) is 5.55. The molecule has 96 valence electrons. The predicted octanol–water partition coefficient (Wildman–Crippen LogP) is 3.22. The van der Waals surface area contributed by atoms with Gasteiger partial charge in [-0.1, -0.05) is 0 Å². The van der Waals surface area contributed by atoms with Crippen LogP contribution in [0.3, 0.4) is 0 Å². The predicted molar refractivity (Wildman–Crippen MR) is 76.4 cm³/mol. The van der Waals surface area contributed by atoms with Gasteiger partial charge in [-0.15, -0.1) is 0 Å². The summed E-state index contributed by atoms with van der Waals surface area (Å²) in [7, 11) is 0. The molecule has 3 rings (SSSR count). The van der Waals surface area contributed by atoms with Gasteiger partial charge in [0, 0.05) is 0 Å². The van der Waals surface area contributed by atoms with Crippen molar-refractivity contribution in [3.05, 3.63) is 69.3 Å². The van der Waals surface area contributed by atoms with Crippen molar-refractivity contribution >= 4 is 32.6 Å². The van der Waals surface area contributed by atoms with E-state index >= 15 is 0 Å². The van der Waals surface area contributed by atoms with E-state index in [1.54, 1.807) is 36.4 Å². The van der Waals surface area contributed by atoms with Gasteiger partial charge in [0.05, 0.1) is 0 Å². The van der Waals surface area contributed by atoms with Gasteiger partial charge >= 0.3 is 118 Å². The van der Waals surface area contributed by atoms with Gasteiger partial charge in [0.15, 0.2) is 0 Å². The van der Waals surface area contributed by atoms with Gasteiger partial charge in [-0.3, -0.25) is 0 Å². The van der Waals surface area contributed by atoms with Crippen LogP contribution in [0, 0.1) is 3.57 Å². The molecule has 19 heavy (non-hydrogen) atoms. The summed E-state index contributed by atoms with van der Waals surface area (Å²) in [5.74, 6) is -0.981. The zero-order valence-corrected chi connectivity index (χ0v) is 11.9. The second-order valence-corrected chi connectivity index (χ2v) is 7.15. The summed E-state index contributed by atoms with van der Waals surface area (Å²) in [6.45, 7) is 0. The summed E-state index contributed by atoms with van der Waals surface area (Å²) < 4.78 is 11.5. The van der Waals surface area contributed by atoms with Crippen molar-refractivity contribution in [1.29, 1.82) is 0 Å². The zero-order valence-electron chi connectivity index (χ0n) is 9.71. The minimum absolute atomic E-state index is 0.267. The second kappa shape index (κ2) is 5.00. The molecule has 4 nitrogen and oxygen atoms in total. The average Bonchev–Trinajstić information content (AvgIpc) is 2.59. The Hall–Kier alpha value is -1.89. The molecule has 5 heteroatoms. The summed E-state index contributed by atoms with van der Waals surface area (Å²) in [4.78, 5) is 24.0. The van der Waals surface area contributed by atoms with Crippen LogP contribution in [0.2, 0.25) is 0 Å². The molecule has 0 spiro atoms. The number of hydrogen-bond acceptors (Lipinski definition) is 4. The number of hydrogen-bond donors (Lipinski definition) is 0. The Morgan fingerprint density at radius 1 is 0.684 bits per heavy atom. The number of carbonyl (C=O) groups is 2. The van der Waals surface area contributed by atoms with Crippen LogP contribution >= 0.6 is 20.6 Å². The molecule has 0 aromatic heterocycles. The Morgan fingerprint density at radius 2 is 1.16 bits per heavy atom. The molecule has 0 unspecified atom stereocenters. The third-order valence-corrected chi connectivity index (χ3v) is 5.89. The molecule has 1 aliphatic heterocycles. The average molecular weight is 368 g/mol. The fourth-order valence-corrected chi connectivity index (χ4v) is 4.47. The normalized spacial score (nSPS) is 16.1. The van der Waals surface area contributed by atoms with Crippen LogP contribution in [-0.4, -0.2) is 11.9 Å². The van der Waals surface area contributed by atoms with Crippen molar-refractivity contribution in [3.8, 4) is 0 Å². The fraction of sp³-hybridized carbons (Fsp3) is 0. The molecule has 1 heterocycles. The SMILES string of the molecule is O=C1OI(c2ccccc2)OC(=O)c2ccccc21. The van der Waals surface area contributed by atoms with E-state index in [0.717, 1.165) is 3.57 Å². The van der Waals surface area contributed by atoms with Crippen LogP contribution in [-0.2, 0) is 6.13 Å². The van der Waals surface area contributed by atoms with Crippen LogP contribution in [0.5, 0.6) is 0 Å². The van der Waals surface area contributed by atoms with Crippen molar-refractivity contribution in [2.45, 2.75) is 0 Å². The molecular formula is C14H9IO4. The molecule has 2 aromatic carbocycles. The standard InChI is InChI=1S/C14H9IO4/c16-13-11-8-4-5-9-12(11)14(17)19-15(18-13)10-6-2-1-3-7-10/h1-9H. The van der Waals surface area contributed by atoms with E-state index < -0.39 is 32.6 Å². The monoisotopic (exact) mass is 368 g/mol. The van der Waals surface area contributed by atoms with E-state index in [9.17, 15) is 9.59 Å². The van der Waals surface area contributed by atoms with E-state index in [-0.39, 0.29) is 11.1 Å². The summed E-state index contributed by atoms with van der Waals surface area (Å²) in [6, 6.07) is 15.7. The van der Waals surface area contributed by atoms with E-state index in [1.807, 2.05) is 18.2 Å². The number of benzene rings is 2. The number of carbonyl (C=O) groups excluding carboxylic acids is 2. The molecule has 0 amide bonds. The molecule has 0 saturated carbocycles. The van der Waals surface area contributed by atoms with Gasteiger partial charge in [-0.05, 0) is 0 Å². The minimum atomic E-state index is -2.73. The summed E-state index contributed by atoms with van der Waals surface area (Å²) in [5.41, 5.74) is 0.534. The number of rotatable bonds is 1. The first kappa shape index (κ1) is 12.2. The van der Waals surface area contributed by atoms with Gasteiger partial charge in [0.25, 0.3) is 0 Å². The molecule has 0 atom stereocenters. The van der Waals surface area contributed by atoms with Gasteiger partial charge in [-0.25, -0.2) is 0 Å². The van der Waals surface area contributed by atoms with Crippen molar-refractivity contribution in [3.63, 3.8) is 0 Å². The van der Waals surface area contributed by atoms with Gasteiger partial charge < -0.3 is 0 Å². The second-order valence-electron chi connectivity index (χ2n) is 3.79. The Balaban J connectivity index is 2.00. The molecule has 1 aliphatic rings. The Labute approximate surface area is 117 Å². The van der Waals surface area contributed by atoms with E-state index in [0.29, 0.717) is 0 Å². The van der Waals surface area contributed by atoms with Crippen LogP contribution in [0.25, 0.3) is 0 Å². The van der Waals surface area contributed by atoms with Crippen LogP contribution in [0.15, 0.2) is 54.6 Å². The van der Waals surface area contributed by atoms with Crippen molar-refractivity contribution in [1.82, 2.24) is 0 Å². The molecule has 0 saturated heterocycles. The Bertz CT molecular complexity index is 602. The third-order valence-electron chi connectivity index (χ3n) is 2.56. The van der Waals surface area contributed by atoms with Gasteiger partial charge in [0.1, 0.15) is 0 Å². The van der Waals surface area contributed by atoms with E-state index in [4.69, 9.17) is 6.13 Å². The number of halogens is 1. The molecule has 0 aliphatic carbocycles. The molecule has 0 bridgehead atoms. The Morgan fingerprint density at radius 3 is 1.68 bits per heavy atom. The first-order chi connectivity index (χ1) is 9.25. The molecule has 0 radical (unpaired) electrons. The van der Waals surface area contributed by atoms with Crippen LogP contribution < -0.4 is 0 Å². The van der Waals surface area contributed by atoms with Crippen molar-refractivity contribution in [2.24, 2.45) is 0 Å². The molecule has 2 aromatic rings. The Kier molecular flexibility index (Phi) is 3.20. The number of fused-ring (bicyclic) bond motifs is 1. The summed E-state index contributed by atoms with van der Waals surface area (Å²) in [5, 5.41) is 0. The third kappa shape index (κ3) is 2.33. The molecule has 0 fully saturated rings. The van der Waals surface area contributed by atoms with Crippen LogP contribution in [0.1, 0.15) is 20.7 Å². The summed E-state index contributed by atoms with van der Waals surface area (Å²) >= 11 is -2.73. The van der Waals surface area contributed by atoms with Gasteiger partial charge in [0.2, 0.25) is 0 Å². The fourth-order valence-electron chi connectivity index (χ4n) is 1.67. The molecular weight excluding hydrogens is 359 g/mol. The topological polar surface area (TPSA) is 52.6 Å². The molecule has 0 N–H and O–H groups in total. The van der Waals surface area contributed by atoms with E-state index in [1.165, 1.54) is 0 Å². The van der Waals surface area contributed by atoms with Crippen molar-refractivity contribution in [2.75, 3.05) is 0 Å². The summed E-state index contributed by atoms with van der Waals surface area (Å²) in [6.07, 6.45) is 0. The van der Waals surface area contributed by atoms with E-state index in [2.05, 4.69) is 0 Å². The zero-order chi connectivity index (χ0) is 13.2. The first-order valence-corrected chi connectivity index (χ1v) is 8.39. The van der Waals surface area contributed by atoms with Crippen molar-refractivity contribution < 1.29 is 15.7 Å².